The fourth-order valence-corrected chi connectivity index (χ4v) is 3.84. The first-order valence-corrected chi connectivity index (χ1v) is 11.2. The summed E-state index contributed by atoms with van der Waals surface area (Å²) in [6.45, 7) is 3.40. The number of carboxylic acids is 1. The summed E-state index contributed by atoms with van der Waals surface area (Å²) in [5.74, 6) is -0.395. The zero-order valence-corrected chi connectivity index (χ0v) is 18.5. The minimum atomic E-state index is -1.21. The van der Waals surface area contributed by atoms with Crippen LogP contribution in [0.25, 0.3) is 21.9 Å². The molecular formula is C27H33NO3. The monoisotopic (exact) mass is 419 g/mol. The zero-order valence-electron chi connectivity index (χ0n) is 18.5. The topological polar surface area (TPSA) is 72.5 Å². The third-order valence-electron chi connectivity index (χ3n) is 6.07. The van der Waals surface area contributed by atoms with E-state index in [4.69, 9.17) is 10.5 Å². The Bertz CT molecular complexity index is 988. The predicted octanol–water partition coefficient (Wildman–Crippen LogP) is 6.42. The maximum Gasteiger partial charge on any atom is 0.347 e. The lowest BCUT2D eigenvalue weighted by Gasteiger charge is -2.24. The summed E-state index contributed by atoms with van der Waals surface area (Å²) in [4.78, 5) is 11.4. The fourth-order valence-electron chi connectivity index (χ4n) is 3.84. The summed E-state index contributed by atoms with van der Waals surface area (Å²) in [7, 11) is 0. The van der Waals surface area contributed by atoms with Crippen LogP contribution in [0.15, 0.2) is 66.7 Å². The molecule has 164 valence electrons. The highest BCUT2D eigenvalue weighted by atomic mass is 16.5. The second-order valence-corrected chi connectivity index (χ2v) is 8.44. The molecule has 3 aromatic carbocycles. The minimum absolute atomic E-state index is 0.396. The first kappa shape index (κ1) is 22.8. The molecule has 3 N–H and O–H groups in total. The van der Waals surface area contributed by atoms with Gasteiger partial charge in [0.1, 0.15) is 5.75 Å². The zero-order chi connectivity index (χ0) is 22.3. The summed E-state index contributed by atoms with van der Waals surface area (Å²) in [5, 5.41) is 11.7. The molecule has 1 aliphatic rings. The SMILES string of the molecule is CC[C@@](C)(Oc1ccc(-c2cccc3ccccc23)cc1)C(=O)O.NC1CCCCC1. The molecule has 0 amide bonds. The number of rotatable bonds is 5. The van der Waals surface area contributed by atoms with E-state index >= 15 is 0 Å². The standard InChI is InChI=1S/C21H20O3.C6H13N/c1-3-21(2,20(22)23)24-17-13-11-16(12-14-17)19-10-6-8-15-7-4-5-9-18(15)19;7-6-4-2-1-3-5-6/h4-14H,3H2,1-2H3,(H,22,23);6H,1-5,7H2/t21-;/m1./s1. The van der Waals surface area contributed by atoms with Gasteiger partial charge in [0.25, 0.3) is 0 Å². The summed E-state index contributed by atoms with van der Waals surface area (Å²) < 4.78 is 5.69. The fraction of sp³-hybridized carbons (Fsp3) is 0.370. The van der Waals surface area contributed by atoms with Crippen molar-refractivity contribution in [1.82, 2.24) is 0 Å². The van der Waals surface area contributed by atoms with Gasteiger partial charge >= 0.3 is 5.97 Å². The van der Waals surface area contributed by atoms with E-state index in [9.17, 15) is 9.90 Å². The Morgan fingerprint density at radius 3 is 2.23 bits per heavy atom. The van der Waals surface area contributed by atoms with Crippen molar-refractivity contribution >= 4 is 16.7 Å². The number of benzene rings is 3. The number of carbonyl (C=O) groups is 1. The molecule has 0 bridgehead atoms. The third kappa shape index (κ3) is 5.86. The molecule has 1 fully saturated rings. The molecule has 0 saturated heterocycles. The summed E-state index contributed by atoms with van der Waals surface area (Å²) >= 11 is 0. The second-order valence-electron chi connectivity index (χ2n) is 8.44. The molecule has 31 heavy (non-hydrogen) atoms. The van der Waals surface area contributed by atoms with Gasteiger partial charge in [-0.15, -0.1) is 0 Å². The van der Waals surface area contributed by atoms with Crippen LogP contribution >= 0.6 is 0 Å². The van der Waals surface area contributed by atoms with E-state index in [2.05, 4.69) is 24.3 Å². The molecule has 0 spiro atoms. The number of ether oxygens (including phenoxy) is 1. The van der Waals surface area contributed by atoms with Crippen LogP contribution in [0.3, 0.4) is 0 Å². The van der Waals surface area contributed by atoms with Gasteiger partial charge in [-0.05, 0) is 60.2 Å². The van der Waals surface area contributed by atoms with Gasteiger partial charge in [0.2, 0.25) is 5.60 Å². The predicted molar refractivity (Wildman–Crippen MR) is 127 cm³/mol. The molecule has 0 aliphatic heterocycles. The third-order valence-corrected chi connectivity index (χ3v) is 6.07. The van der Waals surface area contributed by atoms with E-state index in [1.165, 1.54) is 42.9 Å². The van der Waals surface area contributed by atoms with Crippen molar-refractivity contribution in [3.05, 3.63) is 66.7 Å². The summed E-state index contributed by atoms with van der Waals surface area (Å²) in [5.41, 5.74) is 6.65. The van der Waals surface area contributed by atoms with Gasteiger partial charge in [0.15, 0.2) is 0 Å². The molecule has 0 unspecified atom stereocenters. The van der Waals surface area contributed by atoms with Crippen LogP contribution in [-0.2, 0) is 4.79 Å². The van der Waals surface area contributed by atoms with Gasteiger partial charge in [-0.2, -0.15) is 0 Å². The van der Waals surface area contributed by atoms with Gasteiger partial charge in [-0.25, -0.2) is 4.79 Å². The highest BCUT2D eigenvalue weighted by Gasteiger charge is 2.33. The van der Waals surface area contributed by atoms with Crippen molar-refractivity contribution < 1.29 is 14.6 Å². The van der Waals surface area contributed by atoms with Crippen LogP contribution < -0.4 is 10.5 Å². The highest BCUT2D eigenvalue weighted by molar-refractivity contribution is 5.96. The Labute approximate surface area is 185 Å². The maximum absolute atomic E-state index is 11.4. The Hall–Kier alpha value is -2.85. The molecule has 0 heterocycles. The van der Waals surface area contributed by atoms with E-state index < -0.39 is 11.6 Å². The van der Waals surface area contributed by atoms with Gasteiger partial charge in [-0.3, -0.25) is 0 Å². The molecule has 3 aromatic rings. The van der Waals surface area contributed by atoms with Gasteiger partial charge in [0, 0.05) is 6.04 Å². The summed E-state index contributed by atoms with van der Waals surface area (Å²) in [6.07, 6.45) is 7.06. The van der Waals surface area contributed by atoms with Gasteiger partial charge in [-0.1, -0.05) is 80.8 Å². The summed E-state index contributed by atoms with van der Waals surface area (Å²) in [6, 6.07) is 22.6. The molecule has 1 atom stereocenters. The van der Waals surface area contributed by atoms with Crippen LogP contribution in [0.2, 0.25) is 0 Å². The van der Waals surface area contributed by atoms with Crippen LogP contribution in [0.1, 0.15) is 52.4 Å². The van der Waals surface area contributed by atoms with Crippen LogP contribution in [0, 0.1) is 0 Å². The smallest absolute Gasteiger partial charge is 0.347 e. The first-order valence-electron chi connectivity index (χ1n) is 11.2. The van der Waals surface area contributed by atoms with E-state index in [0.29, 0.717) is 18.2 Å². The molecule has 4 nitrogen and oxygen atoms in total. The lowest BCUT2D eigenvalue weighted by Crippen LogP contribution is -2.40. The molecule has 1 aliphatic carbocycles. The number of carboxylic acid groups (broad SMARTS) is 1. The Balaban J connectivity index is 0.000000330. The number of nitrogens with two attached hydrogens (primary N) is 1. The lowest BCUT2D eigenvalue weighted by atomic mass is 9.97. The molecule has 0 radical (unpaired) electrons. The van der Waals surface area contributed by atoms with E-state index in [0.717, 1.165) is 11.1 Å². The largest absolute Gasteiger partial charge is 0.478 e. The minimum Gasteiger partial charge on any atom is -0.478 e. The molecule has 4 heteroatoms. The van der Waals surface area contributed by atoms with Crippen molar-refractivity contribution in [3.8, 4) is 16.9 Å². The van der Waals surface area contributed by atoms with Crippen molar-refractivity contribution in [3.63, 3.8) is 0 Å². The van der Waals surface area contributed by atoms with Crippen molar-refractivity contribution in [2.24, 2.45) is 5.73 Å². The number of fused-ring (bicyclic) bond motifs is 1. The Morgan fingerprint density at radius 2 is 1.65 bits per heavy atom. The van der Waals surface area contributed by atoms with E-state index in [-0.39, 0.29) is 0 Å². The van der Waals surface area contributed by atoms with Crippen LogP contribution in [0.5, 0.6) is 5.75 Å². The first-order chi connectivity index (χ1) is 14.9. The van der Waals surface area contributed by atoms with Crippen molar-refractivity contribution in [1.29, 1.82) is 0 Å². The Kier molecular flexibility index (Phi) is 7.69. The Morgan fingerprint density at radius 1 is 1.00 bits per heavy atom. The molecular weight excluding hydrogens is 386 g/mol. The molecule has 4 rings (SSSR count). The maximum atomic E-state index is 11.4. The van der Waals surface area contributed by atoms with Crippen molar-refractivity contribution in [2.75, 3.05) is 0 Å². The number of hydrogen-bond acceptors (Lipinski definition) is 3. The average molecular weight is 420 g/mol. The molecule has 1 saturated carbocycles. The number of aliphatic carboxylic acids is 1. The van der Waals surface area contributed by atoms with Crippen molar-refractivity contribution in [2.45, 2.75) is 64.0 Å². The van der Waals surface area contributed by atoms with Crippen LogP contribution in [-0.4, -0.2) is 22.7 Å². The average Bonchev–Trinajstić information content (AvgIpc) is 2.80. The quantitative estimate of drug-likeness (QED) is 0.501. The second kappa shape index (κ2) is 10.5. The normalized spacial score (nSPS) is 16.1. The number of hydrogen-bond donors (Lipinski definition) is 2. The van der Waals surface area contributed by atoms with E-state index in [1.54, 1.807) is 13.8 Å². The van der Waals surface area contributed by atoms with Gasteiger partial charge < -0.3 is 15.6 Å². The van der Waals surface area contributed by atoms with E-state index in [1.807, 2.05) is 42.5 Å². The molecule has 0 aromatic heterocycles. The highest BCUT2D eigenvalue weighted by Crippen LogP contribution is 2.31. The van der Waals surface area contributed by atoms with Crippen LogP contribution in [0.4, 0.5) is 0 Å². The lowest BCUT2D eigenvalue weighted by molar-refractivity contribution is -0.154. The van der Waals surface area contributed by atoms with Gasteiger partial charge in [0.05, 0.1) is 0 Å².